The number of hydrogen-bond acceptors (Lipinski definition) is 2. The molecule has 0 amide bonds. The molecule has 0 heterocycles. The van der Waals surface area contributed by atoms with Crippen LogP contribution in [0.15, 0.2) is 47.6 Å². The number of nitrogens with zero attached hydrogens (tertiary/aromatic N) is 1. The van der Waals surface area contributed by atoms with Crippen molar-refractivity contribution in [2.45, 2.75) is 13.8 Å². The third kappa shape index (κ3) is 3.72. The Labute approximate surface area is 123 Å². The molecule has 0 spiro atoms. The van der Waals surface area contributed by atoms with Gasteiger partial charge in [0.25, 0.3) is 0 Å². The van der Waals surface area contributed by atoms with Crippen molar-refractivity contribution in [3.8, 4) is 0 Å². The van der Waals surface area contributed by atoms with Crippen LogP contribution < -0.4 is 5.43 Å². The highest BCUT2D eigenvalue weighted by Crippen LogP contribution is 2.23. The second kappa shape index (κ2) is 6.09. The van der Waals surface area contributed by atoms with Crippen LogP contribution in [0.1, 0.15) is 18.1 Å². The van der Waals surface area contributed by atoms with Crippen LogP contribution in [0.5, 0.6) is 0 Å². The molecule has 0 radical (unpaired) electrons. The Morgan fingerprint density at radius 3 is 2.53 bits per heavy atom. The SMILES string of the molecule is C/C(=N\Nc1cccc(C)c1)c1ccc(Cl)c(Cl)c1. The van der Waals surface area contributed by atoms with Crippen molar-refractivity contribution in [1.29, 1.82) is 0 Å². The van der Waals surface area contributed by atoms with E-state index in [4.69, 9.17) is 23.2 Å². The van der Waals surface area contributed by atoms with E-state index >= 15 is 0 Å². The zero-order valence-corrected chi connectivity index (χ0v) is 12.3. The summed E-state index contributed by atoms with van der Waals surface area (Å²) in [6.07, 6.45) is 0. The summed E-state index contributed by atoms with van der Waals surface area (Å²) in [6.45, 7) is 3.96. The first-order valence-corrected chi connectivity index (χ1v) is 6.64. The van der Waals surface area contributed by atoms with Gasteiger partial charge in [0.15, 0.2) is 0 Å². The van der Waals surface area contributed by atoms with Gasteiger partial charge in [0.05, 0.1) is 21.4 Å². The molecule has 0 saturated carbocycles. The van der Waals surface area contributed by atoms with Gasteiger partial charge in [0.1, 0.15) is 0 Å². The minimum atomic E-state index is 0.532. The van der Waals surface area contributed by atoms with Crippen molar-refractivity contribution in [3.63, 3.8) is 0 Å². The van der Waals surface area contributed by atoms with Crippen molar-refractivity contribution in [2.75, 3.05) is 5.43 Å². The zero-order chi connectivity index (χ0) is 13.8. The number of anilines is 1. The van der Waals surface area contributed by atoms with Crippen LogP contribution in [0.2, 0.25) is 10.0 Å². The van der Waals surface area contributed by atoms with Crippen LogP contribution in [0.25, 0.3) is 0 Å². The molecule has 2 nitrogen and oxygen atoms in total. The molecular formula is C15H14Cl2N2. The summed E-state index contributed by atoms with van der Waals surface area (Å²) in [5.74, 6) is 0. The predicted molar refractivity (Wildman–Crippen MR) is 83.5 cm³/mol. The lowest BCUT2D eigenvalue weighted by atomic mass is 10.1. The van der Waals surface area contributed by atoms with E-state index in [1.54, 1.807) is 12.1 Å². The Morgan fingerprint density at radius 1 is 1.05 bits per heavy atom. The minimum Gasteiger partial charge on any atom is -0.278 e. The molecule has 4 heteroatoms. The van der Waals surface area contributed by atoms with Crippen LogP contribution in [0.3, 0.4) is 0 Å². The van der Waals surface area contributed by atoms with Gasteiger partial charge in [-0.05, 0) is 49.2 Å². The monoisotopic (exact) mass is 292 g/mol. The Kier molecular flexibility index (Phi) is 4.46. The molecule has 19 heavy (non-hydrogen) atoms. The summed E-state index contributed by atoms with van der Waals surface area (Å²) in [6, 6.07) is 13.5. The highest BCUT2D eigenvalue weighted by molar-refractivity contribution is 6.42. The fraction of sp³-hybridized carbons (Fsp3) is 0.133. The van der Waals surface area contributed by atoms with Crippen molar-refractivity contribution in [3.05, 3.63) is 63.6 Å². The molecule has 0 aliphatic heterocycles. The van der Waals surface area contributed by atoms with Crippen LogP contribution in [0.4, 0.5) is 5.69 Å². The van der Waals surface area contributed by atoms with Crippen LogP contribution >= 0.6 is 23.2 Å². The van der Waals surface area contributed by atoms with E-state index < -0.39 is 0 Å². The Hall–Kier alpha value is -1.51. The highest BCUT2D eigenvalue weighted by Gasteiger charge is 2.02. The molecule has 0 saturated heterocycles. The molecule has 0 aromatic heterocycles. The minimum absolute atomic E-state index is 0.532. The van der Waals surface area contributed by atoms with E-state index in [1.165, 1.54) is 5.56 Å². The molecule has 0 fully saturated rings. The molecule has 2 aromatic carbocycles. The van der Waals surface area contributed by atoms with Crippen LogP contribution in [-0.4, -0.2) is 5.71 Å². The van der Waals surface area contributed by atoms with Crippen molar-refractivity contribution in [2.24, 2.45) is 5.10 Å². The number of rotatable bonds is 3. The zero-order valence-electron chi connectivity index (χ0n) is 10.7. The fourth-order valence-corrected chi connectivity index (χ4v) is 1.95. The summed E-state index contributed by atoms with van der Waals surface area (Å²) in [7, 11) is 0. The lowest BCUT2D eigenvalue weighted by molar-refractivity contribution is 1.31. The molecule has 0 aliphatic rings. The normalized spacial score (nSPS) is 11.5. The van der Waals surface area contributed by atoms with Crippen LogP contribution in [0, 0.1) is 6.92 Å². The van der Waals surface area contributed by atoms with Gasteiger partial charge in [-0.25, -0.2) is 0 Å². The van der Waals surface area contributed by atoms with E-state index in [-0.39, 0.29) is 0 Å². The van der Waals surface area contributed by atoms with Crippen LogP contribution in [-0.2, 0) is 0 Å². The Bertz CT molecular complexity index is 621. The third-order valence-electron chi connectivity index (χ3n) is 2.71. The summed E-state index contributed by atoms with van der Waals surface area (Å²) in [5, 5.41) is 5.42. The van der Waals surface area contributed by atoms with Gasteiger partial charge >= 0.3 is 0 Å². The summed E-state index contributed by atoms with van der Waals surface area (Å²) < 4.78 is 0. The standard InChI is InChI=1S/C15H14Cl2N2/c1-10-4-3-5-13(8-10)19-18-11(2)12-6-7-14(16)15(17)9-12/h3-9,19H,1-2H3/b18-11+. The molecule has 1 N–H and O–H groups in total. The Balaban J connectivity index is 2.16. The predicted octanol–water partition coefficient (Wildman–Crippen LogP) is 5.14. The second-order valence-electron chi connectivity index (χ2n) is 4.31. The molecule has 0 atom stereocenters. The number of halogens is 2. The van der Waals surface area contributed by atoms with Gasteiger partial charge < -0.3 is 0 Å². The number of hydrazone groups is 1. The van der Waals surface area contributed by atoms with Gasteiger partial charge in [-0.15, -0.1) is 0 Å². The maximum atomic E-state index is 5.99. The van der Waals surface area contributed by atoms with Crippen molar-refractivity contribution in [1.82, 2.24) is 0 Å². The molecule has 2 rings (SSSR count). The van der Waals surface area contributed by atoms with Crippen molar-refractivity contribution >= 4 is 34.6 Å². The number of aryl methyl sites for hydroxylation is 1. The maximum Gasteiger partial charge on any atom is 0.0649 e. The topological polar surface area (TPSA) is 24.4 Å². The van der Waals surface area contributed by atoms with E-state index in [0.717, 1.165) is 17.0 Å². The summed E-state index contributed by atoms with van der Waals surface area (Å²) in [5.41, 5.74) is 6.96. The summed E-state index contributed by atoms with van der Waals surface area (Å²) in [4.78, 5) is 0. The first kappa shape index (κ1) is 13.9. The molecule has 0 unspecified atom stereocenters. The molecule has 98 valence electrons. The largest absolute Gasteiger partial charge is 0.278 e. The average Bonchev–Trinajstić information content (AvgIpc) is 2.39. The molecule has 0 aliphatic carbocycles. The first-order valence-electron chi connectivity index (χ1n) is 5.88. The molecular weight excluding hydrogens is 279 g/mol. The Morgan fingerprint density at radius 2 is 1.84 bits per heavy atom. The van der Waals surface area contributed by atoms with E-state index in [2.05, 4.69) is 10.5 Å². The van der Waals surface area contributed by atoms with Gasteiger partial charge in [-0.1, -0.05) is 41.4 Å². The second-order valence-corrected chi connectivity index (χ2v) is 5.12. The lowest BCUT2D eigenvalue weighted by Crippen LogP contribution is -1.99. The molecule has 0 bridgehead atoms. The third-order valence-corrected chi connectivity index (χ3v) is 3.45. The lowest BCUT2D eigenvalue weighted by Gasteiger charge is -2.05. The smallest absolute Gasteiger partial charge is 0.0649 e. The van der Waals surface area contributed by atoms with Gasteiger partial charge in [0.2, 0.25) is 0 Å². The quantitative estimate of drug-likeness (QED) is 0.615. The van der Waals surface area contributed by atoms with Gasteiger partial charge in [0, 0.05) is 0 Å². The van der Waals surface area contributed by atoms with E-state index in [0.29, 0.717) is 10.0 Å². The average molecular weight is 293 g/mol. The van der Waals surface area contributed by atoms with Gasteiger partial charge in [-0.3, -0.25) is 5.43 Å². The fourth-order valence-electron chi connectivity index (χ4n) is 1.65. The number of nitrogens with one attached hydrogen (secondary N) is 1. The highest BCUT2D eigenvalue weighted by atomic mass is 35.5. The van der Waals surface area contributed by atoms with Gasteiger partial charge in [-0.2, -0.15) is 5.10 Å². The number of benzene rings is 2. The van der Waals surface area contributed by atoms with E-state index in [1.807, 2.05) is 44.2 Å². The summed E-state index contributed by atoms with van der Waals surface area (Å²) >= 11 is 11.9. The maximum absolute atomic E-state index is 5.99. The number of hydrogen-bond donors (Lipinski definition) is 1. The molecule has 2 aromatic rings. The van der Waals surface area contributed by atoms with E-state index in [9.17, 15) is 0 Å². The van der Waals surface area contributed by atoms with Crippen molar-refractivity contribution < 1.29 is 0 Å². The first-order chi connectivity index (χ1) is 9.06.